The van der Waals surface area contributed by atoms with Crippen LogP contribution in [-0.2, 0) is 7.05 Å². The summed E-state index contributed by atoms with van der Waals surface area (Å²) in [5.41, 5.74) is 11.7. The lowest BCUT2D eigenvalue weighted by Crippen LogP contribution is -2.42. The third-order valence-corrected chi connectivity index (χ3v) is 4.09. The first kappa shape index (κ1) is 17.0. The van der Waals surface area contributed by atoms with Crippen molar-refractivity contribution in [3.63, 3.8) is 0 Å². The molecule has 2 aromatic heterocycles. The van der Waals surface area contributed by atoms with Crippen LogP contribution in [0.5, 0.6) is 5.88 Å². The number of aryl methyl sites for hydroxylation is 1. The van der Waals surface area contributed by atoms with Gasteiger partial charge in [0.05, 0.1) is 0 Å². The smallest absolute Gasteiger partial charge is 0.387 e. The van der Waals surface area contributed by atoms with Crippen LogP contribution in [0.3, 0.4) is 0 Å². The van der Waals surface area contributed by atoms with Gasteiger partial charge in [0, 0.05) is 37.5 Å². The molecule has 10 nitrogen and oxygen atoms in total. The first-order chi connectivity index (χ1) is 12.0. The number of nitrogens with zero attached hydrogens (tertiary/aromatic N) is 4. The molecule has 3 rings (SSSR count). The molecular formula is C15H22N8O2. The van der Waals surface area contributed by atoms with Gasteiger partial charge in [-0.1, -0.05) is 12.8 Å². The van der Waals surface area contributed by atoms with Crippen LogP contribution < -0.4 is 26.8 Å². The zero-order valence-electron chi connectivity index (χ0n) is 14.0. The molecule has 1 saturated carbocycles. The molecule has 1 aliphatic carbocycles. The number of ether oxygens (including phenoxy) is 1. The van der Waals surface area contributed by atoms with E-state index in [0.29, 0.717) is 17.3 Å². The van der Waals surface area contributed by atoms with Crippen molar-refractivity contribution in [2.45, 2.75) is 37.8 Å². The minimum absolute atomic E-state index is 0.0170. The number of rotatable bonds is 5. The van der Waals surface area contributed by atoms with Gasteiger partial charge >= 0.3 is 6.09 Å². The average molecular weight is 346 g/mol. The lowest BCUT2D eigenvalue weighted by molar-refractivity contribution is 0.209. The molecule has 6 N–H and O–H groups in total. The second kappa shape index (κ2) is 7.34. The monoisotopic (exact) mass is 346 g/mol. The quantitative estimate of drug-likeness (QED) is 0.629. The van der Waals surface area contributed by atoms with Crippen molar-refractivity contribution in [2.75, 3.05) is 10.6 Å². The second-order valence-electron chi connectivity index (χ2n) is 6.07. The third-order valence-electron chi connectivity index (χ3n) is 4.09. The molecule has 0 bridgehead atoms. The van der Waals surface area contributed by atoms with E-state index < -0.39 is 6.09 Å². The summed E-state index contributed by atoms with van der Waals surface area (Å²) in [6.45, 7) is 0. The molecule has 0 aliphatic heterocycles. The Morgan fingerprint density at radius 2 is 2.12 bits per heavy atom. The zero-order valence-corrected chi connectivity index (χ0v) is 14.0. The van der Waals surface area contributed by atoms with E-state index in [2.05, 4.69) is 25.9 Å². The summed E-state index contributed by atoms with van der Waals surface area (Å²) in [6.07, 6.45) is 5.04. The van der Waals surface area contributed by atoms with Crippen molar-refractivity contribution >= 4 is 23.4 Å². The number of aromatic nitrogens is 4. The van der Waals surface area contributed by atoms with E-state index in [9.17, 15) is 4.79 Å². The van der Waals surface area contributed by atoms with E-state index in [0.717, 1.165) is 25.7 Å². The highest BCUT2D eigenvalue weighted by Gasteiger charge is 2.22. The van der Waals surface area contributed by atoms with Crippen molar-refractivity contribution in [3.05, 3.63) is 18.3 Å². The summed E-state index contributed by atoms with van der Waals surface area (Å²) in [4.78, 5) is 11.1. The van der Waals surface area contributed by atoms with Gasteiger partial charge in [-0.2, -0.15) is 5.10 Å². The van der Waals surface area contributed by atoms with Gasteiger partial charge in [0.1, 0.15) is 5.69 Å². The molecular weight excluding hydrogens is 324 g/mol. The van der Waals surface area contributed by atoms with Crippen LogP contribution in [0.15, 0.2) is 18.3 Å². The standard InChI is InChI=1S/C15H22N8O2/c1-23-7-6-12(22-23)19-11-8-13(20-21-14(11)25-15(17)24)18-10-5-3-2-4-9(10)16/h6-10H,2-5,16H2,1H3,(H2,17,24)(H2,18,19,20,22)/t9-,10+/m0/s1. The Morgan fingerprint density at radius 3 is 2.80 bits per heavy atom. The predicted octanol–water partition coefficient (Wildman–Crippen LogP) is 1.09. The van der Waals surface area contributed by atoms with Gasteiger partial charge in [0.15, 0.2) is 11.6 Å². The number of primary amides is 1. The Balaban J connectivity index is 1.82. The van der Waals surface area contributed by atoms with Crippen molar-refractivity contribution in [1.29, 1.82) is 0 Å². The molecule has 2 atom stereocenters. The van der Waals surface area contributed by atoms with Crippen LogP contribution in [0.1, 0.15) is 25.7 Å². The average Bonchev–Trinajstić information content (AvgIpc) is 2.97. The van der Waals surface area contributed by atoms with Gasteiger partial charge in [-0.15, -0.1) is 10.2 Å². The van der Waals surface area contributed by atoms with E-state index in [-0.39, 0.29) is 18.0 Å². The van der Waals surface area contributed by atoms with E-state index in [1.165, 1.54) is 0 Å². The third kappa shape index (κ3) is 4.35. The van der Waals surface area contributed by atoms with Crippen LogP contribution in [0.4, 0.5) is 22.1 Å². The maximum Gasteiger partial charge on any atom is 0.411 e. The van der Waals surface area contributed by atoms with Gasteiger partial charge in [-0.3, -0.25) is 4.68 Å². The molecule has 25 heavy (non-hydrogen) atoms. The van der Waals surface area contributed by atoms with Gasteiger partial charge in [-0.25, -0.2) is 4.79 Å². The molecule has 10 heteroatoms. The number of carbonyl (C=O) groups excluding carboxylic acids is 1. The fraction of sp³-hybridized carbons (Fsp3) is 0.467. The highest BCUT2D eigenvalue weighted by atomic mass is 16.6. The maximum atomic E-state index is 11.1. The van der Waals surface area contributed by atoms with E-state index in [1.54, 1.807) is 30.1 Å². The zero-order chi connectivity index (χ0) is 17.8. The minimum atomic E-state index is -0.964. The van der Waals surface area contributed by atoms with Crippen LogP contribution in [0.25, 0.3) is 0 Å². The summed E-state index contributed by atoms with van der Waals surface area (Å²) in [5.74, 6) is 1.10. The summed E-state index contributed by atoms with van der Waals surface area (Å²) in [7, 11) is 1.80. The molecule has 2 aromatic rings. The summed E-state index contributed by atoms with van der Waals surface area (Å²) < 4.78 is 6.55. The molecule has 0 unspecified atom stereocenters. The minimum Gasteiger partial charge on any atom is -0.387 e. The summed E-state index contributed by atoms with van der Waals surface area (Å²) >= 11 is 0. The number of carbonyl (C=O) groups is 1. The number of nitrogens with one attached hydrogen (secondary N) is 2. The van der Waals surface area contributed by atoms with Crippen molar-refractivity contribution in [2.24, 2.45) is 18.5 Å². The lowest BCUT2D eigenvalue weighted by Gasteiger charge is -2.29. The molecule has 0 saturated heterocycles. The Labute approximate surface area is 144 Å². The highest BCUT2D eigenvalue weighted by molar-refractivity contribution is 5.72. The Morgan fingerprint density at radius 1 is 1.32 bits per heavy atom. The second-order valence-corrected chi connectivity index (χ2v) is 6.07. The molecule has 134 valence electrons. The van der Waals surface area contributed by atoms with Gasteiger partial charge in [0.25, 0.3) is 5.88 Å². The fourth-order valence-corrected chi connectivity index (χ4v) is 2.86. The predicted molar refractivity (Wildman–Crippen MR) is 92.6 cm³/mol. The first-order valence-electron chi connectivity index (χ1n) is 8.15. The Kier molecular flexibility index (Phi) is 4.98. The number of anilines is 3. The summed E-state index contributed by atoms with van der Waals surface area (Å²) in [6, 6.07) is 3.68. The van der Waals surface area contributed by atoms with Crippen molar-refractivity contribution < 1.29 is 9.53 Å². The number of hydrogen-bond acceptors (Lipinski definition) is 8. The van der Waals surface area contributed by atoms with Crippen LogP contribution in [0, 0.1) is 0 Å². The van der Waals surface area contributed by atoms with E-state index in [4.69, 9.17) is 16.2 Å². The van der Waals surface area contributed by atoms with Crippen molar-refractivity contribution in [1.82, 2.24) is 20.0 Å². The number of hydrogen-bond donors (Lipinski definition) is 4. The fourth-order valence-electron chi connectivity index (χ4n) is 2.86. The van der Waals surface area contributed by atoms with Gasteiger partial charge < -0.3 is 26.8 Å². The molecule has 0 spiro atoms. The van der Waals surface area contributed by atoms with Crippen LogP contribution in [0.2, 0.25) is 0 Å². The topological polar surface area (TPSA) is 146 Å². The van der Waals surface area contributed by atoms with Gasteiger partial charge in [0.2, 0.25) is 0 Å². The first-order valence-corrected chi connectivity index (χ1v) is 8.15. The van der Waals surface area contributed by atoms with Crippen LogP contribution >= 0.6 is 0 Å². The highest BCUT2D eigenvalue weighted by Crippen LogP contribution is 2.28. The van der Waals surface area contributed by atoms with E-state index in [1.807, 2.05) is 0 Å². The van der Waals surface area contributed by atoms with Crippen LogP contribution in [-0.4, -0.2) is 38.2 Å². The van der Waals surface area contributed by atoms with E-state index >= 15 is 0 Å². The molecule has 0 radical (unpaired) electrons. The molecule has 1 amide bonds. The normalized spacial score (nSPS) is 20.1. The maximum absolute atomic E-state index is 11.1. The molecule has 2 heterocycles. The molecule has 1 aliphatic rings. The largest absolute Gasteiger partial charge is 0.411 e. The number of amides is 1. The summed E-state index contributed by atoms with van der Waals surface area (Å²) in [5, 5.41) is 18.6. The lowest BCUT2D eigenvalue weighted by atomic mass is 9.91. The molecule has 0 aromatic carbocycles. The molecule has 1 fully saturated rings. The van der Waals surface area contributed by atoms with Gasteiger partial charge in [-0.05, 0) is 12.8 Å². The Hall–Kier alpha value is -2.88. The Bertz CT molecular complexity index is 747. The number of nitrogens with two attached hydrogens (primary N) is 2. The van der Waals surface area contributed by atoms with Crippen molar-refractivity contribution in [3.8, 4) is 5.88 Å². The SMILES string of the molecule is Cn1ccc(Nc2cc(N[C@@H]3CCCC[C@@H]3N)nnc2OC(N)=O)n1.